The van der Waals surface area contributed by atoms with Crippen LogP contribution < -0.4 is 10.6 Å². The molecule has 9 heteroatoms. The van der Waals surface area contributed by atoms with Crippen molar-refractivity contribution in [3.63, 3.8) is 0 Å². The van der Waals surface area contributed by atoms with E-state index in [2.05, 4.69) is 0 Å². The summed E-state index contributed by atoms with van der Waals surface area (Å²) in [5, 5.41) is 0. The average Bonchev–Trinajstić information content (AvgIpc) is 2.76. The molecule has 0 aromatic heterocycles. The Morgan fingerprint density at radius 2 is 1.66 bits per heavy atom. The number of carbonyl (C=O) groups excluding carboxylic acids is 2. The molecule has 1 fully saturated rings. The van der Waals surface area contributed by atoms with E-state index < -0.39 is 17.6 Å². The predicted molar refractivity (Wildman–Crippen MR) is 114 cm³/mol. The van der Waals surface area contributed by atoms with Crippen LogP contribution in [0.4, 0.5) is 18.9 Å². The highest BCUT2D eigenvalue weighted by Crippen LogP contribution is 2.30. The molecule has 2 N–H and O–H groups in total. The maximum absolute atomic E-state index is 13.2. The summed E-state index contributed by atoms with van der Waals surface area (Å²) in [5.74, 6) is -0.856. The van der Waals surface area contributed by atoms with E-state index in [-0.39, 0.29) is 24.2 Å². The number of hydrogen-bond donors (Lipinski definition) is 1. The summed E-state index contributed by atoms with van der Waals surface area (Å²) in [6.45, 7) is 5.74. The van der Waals surface area contributed by atoms with Gasteiger partial charge >= 0.3 is 6.18 Å². The van der Waals surface area contributed by atoms with Gasteiger partial charge in [0.15, 0.2) is 0 Å². The van der Waals surface area contributed by atoms with Crippen LogP contribution >= 0.6 is 0 Å². The lowest BCUT2D eigenvalue weighted by atomic mass is 10.0. The molecule has 172 valence electrons. The number of anilines is 1. The highest BCUT2D eigenvalue weighted by Gasteiger charge is 2.30. The summed E-state index contributed by atoms with van der Waals surface area (Å²) >= 11 is 0. The molecule has 0 atom stereocenters. The van der Waals surface area contributed by atoms with Crippen LogP contribution in [0.5, 0.6) is 0 Å². The maximum Gasteiger partial charge on any atom is 0.416 e. The van der Waals surface area contributed by atoms with Crippen LogP contribution in [0, 0.1) is 0 Å². The highest BCUT2D eigenvalue weighted by atomic mass is 19.4. The Kier molecular flexibility index (Phi) is 7.08. The number of nitrogens with zero attached hydrogens (tertiary/aromatic N) is 2. The molecular weight excluding hydrogens is 423 g/mol. The molecule has 1 heterocycles. The normalized spacial score (nSPS) is 14.7. The van der Waals surface area contributed by atoms with E-state index in [1.165, 1.54) is 18.2 Å². The lowest BCUT2D eigenvalue weighted by molar-refractivity contribution is -0.137. The van der Waals surface area contributed by atoms with Crippen LogP contribution in [0.3, 0.4) is 0 Å². The van der Waals surface area contributed by atoms with E-state index in [0.717, 1.165) is 12.1 Å². The van der Waals surface area contributed by atoms with Gasteiger partial charge in [0.05, 0.1) is 18.3 Å². The minimum atomic E-state index is -4.37. The molecule has 2 aromatic carbocycles. The number of primary amides is 1. The topological polar surface area (TPSA) is 75.9 Å². The number of hydrogen-bond acceptors (Lipinski definition) is 4. The fourth-order valence-corrected chi connectivity index (χ4v) is 3.51. The fourth-order valence-electron chi connectivity index (χ4n) is 3.51. The second-order valence-electron chi connectivity index (χ2n) is 7.92. The van der Waals surface area contributed by atoms with Crippen molar-refractivity contribution in [1.29, 1.82) is 0 Å². The first-order valence-corrected chi connectivity index (χ1v) is 10.3. The van der Waals surface area contributed by atoms with Gasteiger partial charge in [-0.2, -0.15) is 13.2 Å². The molecule has 32 heavy (non-hydrogen) atoms. The minimum Gasteiger partial charge on any atom is -0.374 e. The van der Waals surface area contributed by atoms with Gasteiger partial charge in [-0.15, -0.1) is 0 Å². The van der Waals surface area contributed by atoms with E-state index in [1.54, 1.807) is 17.0 Å². The Morgan fingerprint density at radius 1 is 1.03 bits per heavy atom. The number of benzene rings is 2. The van der Waals surface area contributed by atoms with Crippen molar-refractivity contribution in [1.82, 2.24) is 4.90 Å². The summed E-state index contributed by atoms with van der Waals surface area (Å²) in [7, 11) is 0. The standard InChI is InChI=1S/C23H26F3N3O3/c1-15(2)32-14-17-4-3-16(21(27)30)13-20(17)22(31)29-11-9-28(10-12-29)19-7-5-18(6-8-19)23(24,25)26/h3-8,13,15H,9-12,14H2,1-2H3,(H2,27,30). The Bertz CT molecular complexity index is 967. The number of rotatable bonds is 6. The third kappa shape index (κ3) is 5.59. The third-order valence-electron chi connectivity index (χ3n) is 5.32. The fraction of sp³-hybridized carbons (Fsp3) is 0.391. The zero-order chi connectivity index (χ0) is 23.5. The van der Waals surface area contributed by atoms with E-state index in [0.29, 0.717) is 43.0 Å². The van der Waals surface area contributed by atoms with E-state index in [9.17, 15) is 22.8 Å². The summed E-state index contributed by atoms with van der Waals surface area (Å²) < 4.78 is 44.0. The molecule has 0 spiro atoms. The number of piperazine rings is 1. The molecule has 2 aromatic rings. The third-order valence-corrected chi connectivity index (χ3v) is 5.32. The van der Waals surface area contributed by atoms with Gasteiger partial charge in [0.25, 0.3) is 5.91 Å². The number of halogens is 3. The lowest BCUT2D eigenvalue weighted by Gasteiger charge is -2.36. The Morgan fingerprint density at radius 3 is 2.19 bits per heavy atom. The van der Waals surface area contributed by atoms with Gasteiger partial charge in [-0.25, -0.2) is 0 Å². The zero-order valence-corrected chi connectivity index (χ0v) is 18.0. The Labute approximate surface area is 184 Å². The summed E-state index contributed by atoms with van der Waals surface area (Å²) in [4.78, 5) is 28.4. The molecule has 0 unspecified atom stereocenters. The van der Waals surface area contributed by atoms with Gasteiger partial charge in [-0.05, 0) is 55.8 Å². The van der Waals surface area contributed by atoms with Gasteiger partial charge in [-0.1, -0.05) is 6.07 Å². The molecule has 2 amide bonds. The van der Waals surface area contributed by atoms with Crippen molar-refractivity contribution in [2.75, 3.05) is 31.1 Å². The van der Waals surface area contributed by atoms with Crippen molar-refractivity contribution < 1.29 is 27.5 Å². The SMILES string of the molecule is CC(C)OCc1ccc(C(N)=O)cc1C(=O)N1CCN(c2ccc(C(F)(F)F)cc2)CC1. The molecule has 1 saturated heterocycles. The molecule has 1 aliphatic heterocycles. The second-order valence-corrected chi connectivity index (χ2v) is 7.92. The van der Waals surface area contributed by atoms with Crippen molar-refractivity contribution >= 4 is 17.5 Å². The first-order chi connectivity index (χ1) is 15.1. The molecule has 6 nitrogen and oxygen atoms in total. The van der Waals surface area contributed by atoms with Crippen LogP contribution in [0.15, 0.2) is 42.5 Å². The number of alkyl halides is 3. The minimum absolute atomic E-state index is 0.0268. The quantitative estimate of drug-likeness (QED) is 0.730. The zero-order valence-electron chi connectivity index (χ0n) is 18.0. The van der Waals surface area contributed by atoms with E-state index in [4.69, 9.17) is 10.5 Å². The first-order valence-electron chi connectivity index (χ1n) is 10.3. The van der Waals surface area contributed by atoms with Gasteiger partial charge < -0.3 is 20.3 Å². The van der Waals surface area contributed by atoms with E-state index >= 15 is 0 Å². The van der Waals surface area contributed by atoms with Crippen molar-refractivity contribution in [2.24, 2.45) is 5.73 Å². The molecule has 0 radical (unpaired) electrons. The maximum atomic E-state index is 13.2. The van der Waals surface area contributed by atoms with Gasteiger partial charge in [0.2, 0.25) is 5.91 Å². The summed E-state index contributed by atoms with van der Waals surface area (Å²) in [6, 6.07) is 9.74. The molecule has 0 aliphatic carbocycles. The lowest BCUT2D eigenvalue weighted by Crippen LogP contribution is -2.49. The number of carbonyl (C=O) groups is 2. The summed E-state index contributed by atoms with van der Waals surface area (Å²) in [6.07, 6.45) is -4.40. The first kappa shape index (κ1) is 23.6. The average molecular weight is 449 g/mol. The Balaban J connectivity index is 1.72. The smallest absolute Gasteiger partial charge is 0.374 e. The molecule has 0 saturated carbocycles. The molecule has 1 aliphatic rings. The predicted octanol–water partition coefficient (Wildman–Crippen LogP) is 3.69. The van der Waals surface area contributed by atoms with Crippen molar-refractivity contribution in [2.45, 2.75) is 32.7 Å². The molecular formula is C23H26F3N3O3. The molecule has 3 rings (SSSR count). The number of ether oxygens (including phenoxy) is 1. The molecule has 0 bridgehead atoms. The van der Waals surface area contributed by atoms with Gasteiger partial charge in [0.1, 0.15) is 0 Å². The number of amides is 2. The van der Waals surface area contributed by atoms with E-state index in [1.807, 2.05) is 18.7 Å². The van der Waals surface area contributed by atoms with Crippen molar-refractivity contribution in [3.8, 4) is 0 Å². The second kappa shape index (κ2) is 9.60. The highest BCUT2D eigenvalue weighted by molar-refractivity contribution is 6.00. The van der Waals surface area contributed by atoms with Crippen LogP contribution in [0.25, 0.3) is 0 Å². The van der Waals surface area contributed by atoms with Gasteiger partial charge in [-0.3, -0.25) is 9.59 Å². The van der Waals surface area contributed by atoms with Crippen LogP contribution in [-0.2, 0) is 17.5 Å². The van der Waals surface area contributed by atoms with Gasteiger partial charge in [0, 0.05) is 43.0 Å². The Hall–Kier alpha value is -3.07. The van der Waals surface area contributed by atoms with Crippen LogP contribution in [0.2, 0.25) is 0 Å². The summed E-state index contributed by atoms with van der Waals surface area (Å²) in [5.41, 5.74) is 6.63. The van der Waals surface area contributed by atoms with Crippen molar-refractivity contribution in [3.05, 3.63) is 64.7 Å². The van der Waals surface area contributed by atoms with Crippen LogP contribution in [-0.4, -0.2) is 49.0 Å². The monoisotopic (exact) mass is 449 g/mol. The largest absolute Gasteiger partial charge is 0.416 e. The van der Waals surface area contributed by atoms with Crippen LogP contribution in [0.1, 0.15) is 45.7 Å². The number of nitrogens with two attached hydrogens (primary N) is 1.